The monoisotopic (exact) mass is 406 g/mol. The van der Waals surface area contributed by atoms with Gasteiger partial charge < -0.3 is 0 Å². The van der Waals surface area contributed by atoms with Crippen molar-refractivity contribution in [2.24, 2.45) is 0 Å². The molecule has 3 rings (SSSR count). The first kappa shape index (κ1) is 22.9. The normalized spacial score (nSPS) is 9.61. The summed E-state index contributed by atoms with van der Waals surface area (Å²) in [5.41, 5.74) is 4.00. The summed E-state index contributed by atoms with van der Waals surface area (Å²) in [6.07, 6.45) is 3.77. The Morgan fingerprint density at radius 1 is 0.964 bits per heavy atom. The smallest absolute Gasteiger partial charge is 0.214 e. The van der Waals surface area contributed by atoms with Crippen LogP contribution in [0.4, 0.5) is 0 Å². The molecule has 3 heteroatoms. The molecule has 0 saturated heterocycles. The van der Waals surface area contributed by atoms with Crippen LogP contribution in [0.2, 0.25) is 0 Å². The van der Waals surface area contributed by atoms with E-state index in [-0.39, 0.29) is 22.6 Å². The van der Waals surface area contributed by atoms with Crippen molar-refractivity contribution in [3.63, 3.8) is 0 Å². The molecule has 0 aliphatic rings. The molecule has 0 aliphatic heterocycles. The van der Waals surface area contributed by atoms with Crippen molar-refractivity contribution in [1.29, 1.82) is 10.5 Å². The summed E-state index contributed by atoms with van der Waals surface area (Å²) >= 11 is 0. The number of nitrogens with zero attached hydrogens (tertiary/aromatic N) is 2. The number of allylic oxidation sites excluding steroid dienone is 3. The van der Waals surface area contributed by atoms with Crippen molar-refractivity contribution in [2.75, 3.05) is 0 Å². The van der Waals surface area contributed by atoms with Crippen LogP contribution in [0.3, 0.4) is 0 Å². The molecule has 28 heavy (non-hydrogen) atoms. The minimum Gasteiger partial charge on any atom is -0.214 e. The van der Waals surface area contributed by atoms with Crippen LogP contribution in [0.1, 0.15) is 36.5 Å². The van der Waals surface area contributed by atoms with Crippen LogP contribution in [-0.4, -0.2) is 0 Å². The van der Waals surface area contributed by atoms with Crippen LogP contribution in [0.25, 0.3) is 11.6 Å². The molecule has 140 valence electrons. The zero-order valence-corrected chi connectivity index (χ0v) is 17.1. The molecule has 0 amide bonds. The molecule has 0 unspecified atom stereocenters. The van der Waals surface area contributed by atoms with Crippen molar-refractivity contribution in [3.05, 3.63) is 107 Å². The van der Waals surface area contributed by atoms with Gasteiger partial charge in [0.1, 0.15) is 0 Å². The van der Waals surface area contributed by atoms with Gasteiger partial charge in [-0.25, -0.2) is 22.7 Å². The number of rotatable bonds is 4. The first-order valence-corrected chi connectivity index (χ1v) is 8.87. The third-order valence-corrected chi connectivity index (χ3v) is 4.07. The van der Waals surface area contributed by atoms with Crippen LogP contribution in [0.5, 0.6) is 0 Å². The number of benzene rings is 1. The van der Waals surface area contributed by atoms with E-state index in [1.54, 1.807) is 0 Å². The molecule has 3 aromatic carbocycles. The van der Waals surface area contributed by atoms with Gasteiger partial charge in [-0.1, -0.05) is 55.3 Å². The van der Waals surface area contributed by atoms with E-state index in [4.69, 9.17) is 10.5 Å². The van der Waals surface area contributed by atoms with E-state index in [1.807, 2.05) is 91.0 Å². The fourth-order valence-electron chi connectivity index (χ4n) is 2.52. The Kier molecular flexibility index (Phi) is 10.1. The number of nitriles is 2. The first-order chi connectivity index (χ1) is 13.2. The summed E-state index contributed by atoms with van der Waals surface area (Å²) < 4.78 is 0. The van der Waals surface area contributed by atoms with Crippen molar-refractivity contribution >= 4 is 11.6 Å². The predicted octanol–water partition coefficient (Wildman–Crippen LogP) is 6.45. The average Bonchev–Trinajstić information content (AvgIpc) is 3.42. The van der Waals surface area contributed by atoms with Gasteiger partial charge in [-0.15, -0.1) is 18.2 Å². The molecular weight excluding hydrogens is 384 g/mol. The van der Waals surface area contributed by atoms with Gasteiger partial charge in [0.15, 0.2) is 0 Å². The van der Waals surface area contributed by atoms with Gasteiger partial charge in [0, 0.05) is 0 Å². The SMILES string of the molecule is CC(C)c1ccc(/C=C/C(=C(C#N)C#N)[c-]2cccc2)cc1.[Fe+2].c1cc[cH-]c1. The van der Waals surface area contributed by atoms with E-state index < -0.39 is 0 Å². The number of hydrogen-bond donors (Lipinski definition) is 0. The van der Waals surface area contributed by atoms with Gasteiger partial charge in [0.05, 0.1) is 17.7 Å². The summed E-state index contributed by atoms with van der Waals surface area (Å²) in [5, 5.41) is 18.3. The third-order valence-electron chi connectivity index (χ3n) is 4.07. The zero-order chi connectivity index (χ0) is 19.5. The molecule has 0 spiro atoms. The topological polar surface area (TPSA) is 47.6 Å². The minimum absolute atomic E-state index is 0. The van der Waals surface area contributed by atoms with Gasteiger partial charge in [-0.05, 0) is 17.0 Å². The van der Waals surface area contributed by atoms with Crippen LogP contribution >= 0.6 is 0 Å². The second-order valence-corrected chi connectivity index (χ2v) is 6.30. The maximum atomic E-state index is 9.13. The third kappa shape index (κ3) is 6.90. The van der Waals surface area contributed by atoms with Crippen molar-refractivity contribution in [2.45, 2.75) is 19.8 Å². The zero-order valence-electron chi connectivity index (χ0n) is 16.0. The minimum atomic E-state index is 0. The van der Waals surface area contributed by atoms with Crippen LogP contribution in [0.15, 0.2) is 90.5 Å². The molecule has 0 radical (unpaired) electrons. The Bertz CT molecular complexity index is 910. The molecule has 3 aromatic rings. The van der Waals surface area contributed by atoms with E-state index in [1.165, 1.54) is 5.56 Å². The van der Waals surface area contributed by atoms with Crippen LogP contribution in [0, 0.1) is 22.7 Å². The summed E-state index contributed by atoms with van der Waals surface area (Å²) in [6, 6.07) is 29.8. The Balaban J connectivity index is 0.000000567. The molecule has 2 nitrogen and oxygen atoms in total. The predicted molar refractivity (Wildman–Crippen MR) is 112 cm³/mol. The van der Waals surface area contributed by atoms with Crippen molar-refractivity contribution < 1.29 is 17.1 Å². The Hall–Kier alpha value is -3.10. The second-order valence-electron chi connectivity index (χ2n) is 6.30. The largest absolute Gasteiger partial charge is 2.00 e. The van der Waals surface area contributed by atoms with Gasteiger partial charge in [0.25, 0.3) is 0 Å². The van der Waals surface area contributed by atoms with E-state index in [9.17, 15) is 0 Å². The maximum absolute atomic E-state index is 9.13. The molecule has 0 aromatic heterocycles. The molecular formula is C25H22FeN2. The Labute approximate surface area is 178 Å². The maximum Gasteiger partial charge on any atom is 2.00 e. The fraction of sp³-hybridized carbons (Fsp3) is 0.120. The fourth-order valence-corrected chi connectivity index (χ4v) is 2.52. The average molecular weight is 406 g/mol. The standard InChI is InChI=1S/C20H17N2.C5H5.Fe/c1-15(2)17-10-7-16(8-11-17)9-12-20(19(13-21)14-22)18-5-3-4-6-18;1-2-4-5-3-1;/h3-12,15H,1-2H3;1-5H;/q2*-1;+2/b12-9+;;. The van der Waals surface area contributed by atoms with Crippen LogP contribution in [-0.2, 0) is 17.1 Å². The van der Waals surface area contributed by atoms with Crippen molar-refractivity contribution in [3.8, 4) is 12.1 Å². The summed E-state index contributed by atoms with van der Waals surface area (Å²) in [7, 11) is 0. The quantitative estimate of drug-likeness (QED) is 0.216. The van der Waals surface area contributed by atoms with E-state index in [2.05, 4.69) is 26.0 Å². The van der Waals surface area contributed by atoms with Gasteiger partial charge in [-0.2, -0.15) is 30.3 Å². The van der Waals surface area contributed by atoms with Crippen LogP contribution < -0.4 is 0 Å². The van der Waals surface area contributed by atoms with E-state index in [0.29, 0.717) is 11.5 Å². The molecule has 0 atom stereocenters. The van der Waals surface area contributed by atoms with Gasteiger partial charge >= 0.3 is 17.1 Å². The molecule has 0 aliphatic carbocycles. The summed E-state index contributed by atoms with van der Waals surface area (Å²) in [4.78, 5) is 0. The molecule has 0 saturated carbocycles. The van der Waals surface area contributed by atoms with Gasteiger partial charge in [0.2, 0.25) is 0 Å². The molecule has 0 N–H and O–H groups in total. The molecule has 0 fully saturated rings. The number of hydrogen-bond acceptors (Lipinski definition) is 2. The Morgan fingerprint density at radius 3 is 1.96 bits per heavy atom. The molecule has 0 bridgehead atoms. The summed E-state index contributed by atoms with van der Waals surface area (Å²) in [6.45, 7) is 4.32. The van der Waals surface area contributed by atoms with E-state index >= 15 is 0 Å². The van der Waals surface area contributed by atoms with E-state index in [0.717, 1.165) is 11.1 Å². The van der Waals surface area contributed by atoms with Gasteiger partial charge in [-0.3, -0.25) is 0 Å². The second kappa shape index (κ2) is 12.3. The summed E-state index contributed by atoms with van der Waals surface area (Å²) in [5.74, 6) is 0.501. The first-order valence-electron chi connectivity index (χ1n) is 8.87. The Morgan fingerprint density at radius 2 is 1.54 bits per heavy atom. The van der Waals surface area contributed by atoms with Crippen molar-refractivity contribution in [1.82, 2.24) is 0 Å². The molecule has 0 heterocycles.